The van der Waals surface area contributed by atoms with Gasteiger partial charge >= 0.3 is 0 Å². The van der Waals surface area contributed by atoms with Crippen molar-refractivity contribution in [2.24, 2.45) is 0 Å². The van der Waals surface area contributed by atoms with Gasteiger partial charge in [-0.2, -0.15) is 0 Å². The Labute approximate surface area is 168 Å². The van der Waals surface area contributed by atoms with Crippen molar-refractivity contribution in [2.45, 2.75) is 25.3 Å². The number of ether oxygens (including phenoxy) is 3. The Morgan fingerprint density at radius 3 is 2.86 bits per heavy atom. The third-order valence-electron chi connectivity index (χ3n) is 5.73. The number of amides is 1. The van der Waals surface area contributed by atoms with Gasteiger partial charge in [-0.15, -0.1) is 0 Å². The van der Waals surface area contributed by atoms with E-state index in [-0.39, 0.29) is 11.9 Å². The van der Waals surface area contributed by atoms with Crippen LogP contribution in [-0.4, -0.2) is 37.7 Å². The lowest BCUT2D eigenvalue weighted by Gasteiger charge is -2.26. The molecule has 0 aliphatic carbocycles. The lowest BCUT2D eigenvalue weighted by molar-refractivity contribution is -0.131. The number of hydrogen-bond acceptors (Lipinski definition) is 5. The van der Waals surface area contributed by atoms with Crippen molar-refractivity contribution >= 4 is 16.9 Å². The van der Waals surface area contributed by atoms with Gasteiger partial charge in [0.15, 0.2) is 11.5 Å². The minimum atomic E-state index is 0.0663. The Morgan fingerprint density at radius 2 is 2.00 bits per heavy atom. The average molecular weight is 393 g/mol. The molecule has 0 saturated carbocycles. The number of furan rings is 1. The van der Waals surface area contributed by atoms with E-state index in [1.54, 1.807) is 13.4 Å². The summed E-state index contributed by atoms with van der Waals surface area (Å²) in [6, 6.07) is 11.8. The van der Waals surface area contributed by atoms with Gasteiger partial charge < -0.3 is 23.5 Å². The molecule has 29 heavy (non-hydrogen) atoms. The van der Waals surface area contributed by atoms with Crippen molar-refractivity contribution in [3.05, 3.63) is 53.8 Å². The third kappa shape index (κ3) is 3.28. The summed E-state index contributed by atoms with van der Waals surface area (Å²) in [4.78, 5) is 15.1. The van der Waals surface area contributed by atoms with E-state index in [9.17, 15) is 4.79 Å². The van der Waals surface area contributed by atoms with Gasteiger partial charge in [0.1, 0.15) is 24.5 Å². The molecule has 2 aromatic carbocycles. The fourth-order valence-corrected chi connectivity index (χ4v) is 4.27. The van der Waals surface area contributed by atoms with Gasteiger partial charge in [-0.3, -0.25) is 4.79 Å². The molecule has 1 amide bonds. The van der Waals surface area contributed by atoms with Gasteiger partial charge in [0.2, 0.25) is 5.91 Å². The van der Waals surface area contributed by atoms with Crippen molar-refractivity contribution in [3.63, 3.8) is 0 Å². The van der Waals surface area contributed by atoms with Gasteiger partial charge in [-0.05, 0) is 42.7 Å². The van der Waals surface area contributed by atoms with Crippen LogP contribution < -0.4 is 14.2 Å². The van der Waals surface area contributed by atoms with E-state index in [1.165, 1.54) is 0 Å². The minimum absolute atomic E-state index is 0.0663. The predicted octanol–water partition coefficient (Wildman–Crippen LogP) is 4.12. The van der Waals surface area contributed by atoms with Crippen LogP contribution >= 0.6 is 0 Å². The number of benzene rings is 2. The number of carbonyl (C=O) groups excluding carboxylic acids is 1. The molecule has 2 aliphatic rings. The smallest absolute Gasteiger partial charge is 0.227 e. The molecular weight excluding hydrogens is 370 g/mol. The topological polar surface area (TPSA) is 61.1 Å². The van der Waals surface area contributed by atoms with Crippen molar-refractivity contribution in [1.82, 2.24) is 4.90 Å². The fourth-order valence-electron chi connectivity index (χ4n) is 4.27. The standard InChI is InChI=1S/C23H23NO5/c1-26-17-5-6-18-16(14-29-21(18)13-17)12-23(25)24-8-2-3-19(24)15-4-7-20-22(11-15)28-10-9-27-20/h4-7,11,13-14,19H,2-3,8-10,12H2,1H3. The van der Waals surface area contributed by atoms with Crippen LogP contribution in [0.3, 0.4) is 0 Å². The molecule has 3 aromatic rings. The second-order valence-corrected chi connectivity index (χ2v) is 7.45. The molecule has 1 aromatic heterocycles. The van der Waals surface area contributed by atoms with E-state index in [0.29, 0.717) is 19.6 Å². The Balaban J connectivity index is 1.37. The number of rotatable bonds is 4. The number of carbonyl (C=O) groups is 1. The van der Waals surface area contributed by atoms with Gasteiger partial charge in [-0.1, -0.05) is 6.07 Å². The highest BCUT2D eigenvalue weighted by atomic mass is 16.6. The number of fused-ring (bicyclic) bond motifs is 2. The maximum atomic E-state index is 13.2. The van der Waals surface area contributed by atoms with Gasteiger partial charge in [0.25, 0.3) is 0 Å². The van der Waals surface area contributed by atoms with Crippen molar-refractivity contribution in [3.8, 4) is 17.2 Å². The molecule has 6 heteroatoms. The summed E-state index contributed by atoms with van der Waals surface area (Å²) in [6.07, 6.45) is 3.94. The van der Waals surface area contributed by atoms with Crippen LogP contribution in [-0.2, 0) is 11.2 Å². The van der Waals surface area contributed by atoms with E-state index >= 15 is 0 Å². The van der Waals surface area contributed by atoms with Gasteiger partial charge in [-0.25, -0.2) is 0 Å². The Bertz CT molecular complexity index is 1060. The zero-order chi connectivity index (χ0) is 19.8. The maximum Gasteiger partial charge on any atom is 0.227 e. The van der Waals surface area contributed by atoms with Crippen molar-refractivity contribution in [1.29, 1.82) is 0 Å². The van der Waals surface area contributed by atoms with E-state index in [2.05, 4.69) is 0 Å². The van der Waals surface area contributed by atoms with Crippen LogP contribution in [0.4, 0.5) is 0 Å². The second kappa shape index (κ2) is 7.35. The largest absolute Gasteiger partial charge is 0.497 e. The summed E-state index contributed by atoms with van der Waals surface area (Å²) in [5.41, 5.74) is 2.74. The highest BCUT2D eigenvalue weighted by Crippen LogP contribution is 2.38. The Hall–Kier alpha value is -3.15. The zero-order valence-corrected chi connectivity index (χ0v) is 16.3. The lowest BCUT2D eigenvalue weighted by atomic mass is 10.0. The molecule has 0 radical (unpaired) electrons. The number of likely N-dealkylation sites (tertiary alicyclic amines) is 1. The molecule has 1 atom stereocenters. The lowest BCUT2D eigenvalue weighted by Crippen LogP contribution is -2.31. The fraction of sp³-hybridized carbons (Fsp3) is 0.348. The van der Waals surface area contributed by atoms with Crippen LogP contribution in [0.2, 0.25) is 0 Å². The molecule has 0 N–H and O–H groups in total. The molecule has 3 heterocycles. The minimum Gasteiger partial charge on any atom is -0.497 e. The van der Waals surface area contributed by atoms with Gasteiger partial charge in [0.05, 0.1) is 25.8 Å². The molecule has 2 aliphatic heterocycles. The van der Waals surface area contributed by atoms with Crippen LogP contribution in [0.25, 0.3) is 11.0 Å². The number of nitrogens with zero attached hydrogens (tertiary/aromatic N) is 1. The molecular formula is C23H23NO5. The second-order valence-electron chi connectivity index (χ2n) is 7.45. The molecule has 1 fully saturated rings. The normalized spacial score (nSPS) is 18.2. The molecule has 0 spiro atoms. The molecule has 150 valence electrons. The Morgan fingerprint density at radius 1 is 1.14 bits per heavy atom. The molecule has 6 nitrogen and oxygen atoms in total. The van der Waals surface area contributed by atoms with E-state index in [4.69, 9.17) is 18.6 Å². The number of methoxy groups -OCH3 is 1. The summed E-state index contributed by atoms with van der Waals surface area (Å²) in [6.45, 7) is 1.90. The highest BCUT2D eigenvalue weighted by Gasteiger charge is 2.31. The van der Waals surface area contributed by atoms with E-state index in [0.717, 1.165) is 58.7 Å². The molecule has 1 unspecified atom stereocenters. The van der Waals surface area contributed by atoms with Crippen molar-refractivity contribution in [2.75, 3.05) is 26.9 Å². The van der Waals surface area contributed by atoms with Crippen LogP contribution in [0.15, 0.2) is 47.1 Å². The summed E-state index contributed by atoms with van der Waals surface area (Å²) < 4.78 is 22.2. The molecule has 1 saturated heterocycles. The van der Waals surface area contributed by atoms with Crippen LogP contribution in [0.5, 0.6) is 17.2 Å². The summed E-state index contributed by atoms with van der Waals surface area (Å²) in [5, 5.41) is 0.953. The number of hydrogen-bond donors (Lipinski definition) is 0. The Kier molecular flexibility index (Phi) is 4.54. The molecule has 5 rings (SSSR count). The van der Waals surface area contributed by atoms with Crippen molar-refractivity contribution < 1.29 is 23.4 Å². The van der Waals surface area contributed by atoms with Gasteiger partial charge in [0, 0.05) is 23.6 Å². The van der Waals surface area contributed by atoms with E-state index < -0.39 is 0 Å². The van der Waals surface area contributed by atoms with Crippen LogP contribution in [0.1, 0.15) is 30.0 Å². The monoisotopic (exact) mass is 393 g/mol. The highest BCUT2D eigenvalue weighted by molar-refractivity contribution is 5.88. The summed E-state index contributed by atoms with van der Waals surface area (Å²) in [7, 11) is 1.62. The summed E-state index contributed by atoms with van der Waals surface area (Å²) >= 11 is 0. The first-order chi connectivity index (χ1) is 14.2. The van der Waals surface area contributed by atoms with Crippen LogP contribution in [0, 0.1) is 0 Å². The quantitative estimate of drug-likeness (QED) is 0.667. The maximum absolute atomic E-state index is 13.2. The predicted molar refractivity (Wildman–Crippen MR) is 108 cm³/mol. The first-order valence-corrected chi connectivity index (χ1v) is 9.96. The molecule has 0 bridgehead atoms. The first-order valence-electron chi connectivity index (χ1n) is 9.96. The average Bonchev–Trinajstić information content (AvgIpc) is 3.40. The first kappa shape index (κ1) is 17.9. The summed E-state index contributed by atoms with van der Waals surface area (Å²) in [5.74, 6) is 2.39. The SMILES string of the molecule is COc1ccc2c(CC(=O)N3CCCC3c3ccc4c(c3)OCCO4)coc2c1. The zero-order valence-electron chi connectivity index (χ0n) is 16.3. The third-order valence-corrected chi connectivity index (χ3v) is 5.73. The van der Waals surface area contributed by atoms with E-state index in [1.807, 2.05) is 41.3 Å².